The monoisotopic (exact) mass is 1410 g/mol. The minimum atomic E-state index is -0.544. The van der Waals surface area contributed by atoms with E-state index < -0.39 is 11.7 Å². The zero-order valence-corrected chi connectivity index (χ0v) is 59.0. The molecule has 25 nitrogen and oxygen atoms in total. The third kappa shape index (κ3) is 17.7. The summed E-state index contributed by atoms with van der Waals surface area (Å²) in [6, 6.07) is 46.1. The van der Waals surface area contributed by atoms with E-state index in [4.69, 9.17) is 9.97 Å². The summed E-state index contributed by atoms with van der Waals surface area (Å²) in [5.41, 5.74) is 11.1. The van der Waals surface area contributed by atoms with Crippen LogP contribution in [0.25, 0.3) is 66.2 Å². The van der Waals surface area contributed by atoms with Gasteiger partial charge in [-0.05, 0) is 112 Å². The van der Waals surface area contributed by atoms with Gasteiger partial charge in [0.25, 0.3) is 0 Å². The van der Waals surface area contributed by atoms with Crippen LogP contribution in [0.15, 0.2) is 227 Å². The highest BCUT2D eigenvalue weighted by Crippen LogP contribution is 2.35. The van der Waals surface area contributed by atoms with E-state index in [0.717, 1.165) is 151 Å². The van der Waals surface area contributed by atoms with E-state index >= 15 is 4.39 Å². The minimum Gasteiger partial charge on any atom is -0.369 e. The highest BCUT2D eigenvalue weighted by Gasteiger charge is 2.21. The third-order valence-electron chi connectivity index (χ3n) is 18.2. The molecule has 3 fully saturated rings. The Balaban J connectivity index is 0.000000141. The van der Waals surface area contributed by atoms with Crippen molar-refractivity contribution >= 4 is 120 Å². The first kappa shape index (κ1) is 71.4. The second-order valence-corrected chi connectivity index (χ2v) is 25.5. The number of piperazine rings is 3. The van der Waals surface area contributed by atoms with Gasteiger partial charge in [0, 0.05) is 153 Å². The molecule has 3 aliphatic rings. The average molecular weight is 1420 g/mol. The molecular weight excluding hydrogens is 1340 g/mol. The zero-order chi connectivity index (χ0) is 73.5. The smallest absolute Gasteiger partial charge is 0.248 e. The van der Waals surface area contributed by atoms with E-state index in [-0.39, 0.29) is 17.5 Å². The highest BCUT2D eigenvalue weighted by molar-refractivity contribution is 6.02. The van der Waals surface area contributed by atoms with Gasteiger partial charge in [0.05, 0.1) is 64.1 Å². The number of aromatic nitrogens is 10. The fourth-order valence-electron chi connectivity index (χ4n) is 12.3. The van der Waals surface area contributed by atoms with Gasteiger partial charge in [-0.3, -0.25) is 19.4 Å². The number of benzene rings is 6. The molecule has 26 heteroatoms. The second kappa shape index (κ2) is 33.4. The van der Waals surface area contributed by atoms with Gasteiger partial charge in [0.2, 0.25) is 35.6 Å². The number of hydrogen-bond acceptors (Lipinski definition) is 22. The maximum absolute atomic E-state index is 15.3. The molecule has 106 heavy (non-hydrogen) atoms. The van der Waals surface area contributed by atoms with Gasteiger partial charge in [-0.1, -0.05) is 98.6 Å². The summed E-state index contributed by atoms with van der Waals surface area (Å²) >= 11 is 0. The lowest BCUT2D eigenvalue weighted by Crippen LogP contribution is -2.44. The van der Waals surface area contributed by atoms with E-state index in [9.17, 15) is 14.4 Å². The predicted molar refractivity (Wildman–Crippen MR) is 421 cm³/mol. The quantitative estimate of drug-likeness (QED) is 0.0436. The fraction of sp³-hybridized carbons (Fsp3) is 0.188. The first-order valence-electron chi connectivity index (χ1n) is 34.6. The van der Waals surface area contributed by atoms with Gasteiger partial charge < -0.3 is 61.3 Å². The summed E-state index contributed by atoms with van der Waals surface area (Å²) < 4.78 is 15.3. The number of halogens is 1. The number of anilines is 12. The van der Waals surface area contributed by atoms with E-state index in [2.05, 4.69) is 160 Å². The Morgan fingerprint density at radius 1 is 0.396 bits per heavy atom. The highest BCUT2D eigenvalue weighted by atomic mass is 19.1. The van der Waals surface area contributed by atoms with Crippen molar-refractivity contribution in [2.75, 3.05) is 146 Å². The zero-order valence-electron chi connectivity index (χ0n) is 59.0. The number of fused-ring (bicyclic) bond motifs is 3. The van der Waals surface area contributed by atoms with Crippen LogP contribution in [0.1, 0.15) is 0 Å². The summed E-state index contributed by atoms with van der Waals surface area (Å²) in [7, 11) is 6.43. The van der Waals surface area contributed by atoms with Crippen LogP contribution in [0.2, 0.25) is 0 Å². The van der Waals surface area contributed by atoms with Crippen molar-refractivity contribution < 1.29 is 18.8 Å². The fourth-order valence-corrected chi connectivity index (χ4v) is 12.3. The Bertz CT molecular complexity index is 4950. The molecule has 6 aromatic carbocycles. The Hall–Kier alpha value is -13.0. The molecule has 3 aliphatic heterocycles. The Kier molecular flexibility index (Phi) is 22.5. The molecule has 534 valence electrons. The Morgan fingerprint density at radius 3 is 1.49 bits per heavy atom. The van der Waals surface area contributed by atoms with Gasteiger partial charge in [0.15, 0.2) is 11.6 Å². The lowest BCUT2D eigenvalue weighted by Gasteiger charge is -2.34. The van der Waals surface area contributed by atoms with Crippen LogP contribution >= 0.6 is 0 Å². The molecule has 12 aromatic rings. The summed E-state index contributed by atoms with van der Waals surface area (Å²) in [6.45, 7) is 22.6. The van der Waals surface area contributed by atoms with Crippen LogP contribution in [-0.4, -0.2) is 182 Å². The number of rotatable bonds is 18. The number of hydrogen-bond donors (Lipinski definition) is 6. The van der Waals surface area contributed by atoms with E-state index in [0.29, 0.717) is 57.5 Å². The van der Waals surface area contributed by atoms with Gasteiger partial charge >= 0.3 is 0 Å². The lowest BCUT2D eigenvalue weighted by molar-refractivity contribution is -0.112. The van der Waals surface area contributed by atoms with E-state index in [1.54, 1.807) is 49.2 Å². The van der Waals surface area contributed by atoms with Gasteiger partial charge in [-0.15, -0.1) is 0 Å². The number of carbonyl (C=O) groups is 3. The Labute approximate surface area is 612 Å². The molecule has 3 amide bonds. The maximum atomic E-state index is 15.3. The van der Waals surface area contributed by atoms with Crippen molar-refractivity contribution in [3.05, 3.63) is 233 Å². The summed E-state index contributed by atoms with van der Waals surface area (Å²) in [6.07, 6.45) is 15.6. The molecule has 0 aliphatic carbocycles. The van der Waals surface area contributed by atoms with Crippen molar-refractivity contribution in [3.63, 3.8) is 0 Å². The third-order valence-corrected chi connectivity index (χ3v) is 18.2. The number of pyridine rings is 2. The molecule has 0 spiro atoms. The molecule has 0 radical (unpaired) electrons. The molecule has 0 unspecified atom stereocenters. The van der Waals surface area contributed by atoms with E-state index in [1.807, 2.05) is 109 Å². The number of para-hydroxylation sites is 3. The van der Waals surface area contributed by atoms with Crippen molar-refractivity contribution in [2.45, 2.75) is 0 Å². The first-order chi connectivity index (χ1) is 51.7. The topological polar surface area (TPSA) is 272 Å². The average Bonchev–Trinajstić information content (AvgIpc) is 0.857. The Morgan fingerprint density at radius 2 is 0.896 bits per heavy atom. The minimum absolute atomic E-state index is 0.0772. The lowest BCUT2D eigenvalue weighted by atomic mass is 10.0. The normalized spacial score (nSPS) is 14.0. The van der Waals surface area contributed by atoms with Gasteiger partial charge in [0.1, 0.15) is 11.6 Å². The molecule has 15 rings (SSSR count). The number of nitrogens with one attached hydrogen (secondary N) is 6. The number of carbonyl (C=O) groups excluding carboxylic acids is 3. The van der Waals surface area contributed by atoms with E-state index in [1.165, 1.54) is 30.1 Å². The second-order valence-electron chi connectivity index (χ2n) is 25.5. The van der Waals surface area contributed by atoms with Crippen LogP contribution < -0.4 is 46.6 Å². The summed E-state index contributed by atoms with van der Waals surface area (Å²) in [4.78, 5) is 94.6. The molecule has 6 aromatic heterocycles. The van der Waals surface area contributed by atoms with Crippen molar-refractivity contribution in [2.24, 2.45) is 0 Å². The summed E-state index contributed by atoms with van der Waals surface area (Å²) in [5.74, 6) is 1.69. The predicted octanol–water partition coefficient (Wildman–Crippen LogP) is 12.5. The standard InChI is InChI=1S/C27H26FN7O.C27H27N7O.C26H26N8O/c1-3-24(36)32-22-9-5-7-20(25(22)28)21-8-4-6-18-16-30-27(33-26(18)21)31-19-10-11-23(29-17-19)35-14-12-34(2)13-15-35;1-3-25(35)30-21-8-4-6-19(16-21)23-9-5-7-20-17-29-27(32-26(20)23)31-24-11-10-22(18-28-24)34-14-12-33(2)13-15-34;1-3-24(35)31-23-17-27-16-22(30-23)21-6-4-5-18-15-28-26(32-25(18)21)29-19-7-9-20(10-8-19)34-13-11-33(2)12-14-34/h3-11,16-17H,1,12-15H2,2H3,(H,32,36)(H,30,31,33);3-11,16-18H,1,12-15H2,2H3,(H,30,35)(H,28,29,31,32);3-10,15-17H,1,11-14H2,2H3,(H,28,29,32)(H,30,31,35). The molecule has 3 saturated heterocycles. The molecule has 0 atom stereocenters. The number of likely N-dealkylation sites (N-methyl/N-ethyl adjacent to an activating group) is 3. The molecular formula is C80H79FN22O3. The molecule has 0 saturated carbocycles. The van der Waals surface area contributed by atoms with Crippen LogP contribution in [0.3, 0.4) is 0 Å². The van der Waals surface area contributed by atoms with Gasteiger partial charge in [-0.2, -0.15) is 0 Å². The van der Waals surface area contributed by atoms with Crippen LogP contribution in [-0.2, 0) is 14.4 Å². The van der Waals surface area contributed by atoms with Crippen LogP contribution in [0.4, 0.5) is 73.8 Å². The molecule has 0 bridgehead atoms. The maximum Gasteiger partial charge on any atom is 0.248 e. The molecule has 9 heterocycles. The van der Waals surface area contributed by atoms with Crippen LogP contribution in [0, 0.1) is 5.82 Å². The van der Waals surface area contributed by atoms with Gasteiger partial charge in [-0.25, -0.2) is 49.2 Å². The SMILES string of the molecule is C=CC(=O)Nc1cccc(-c2cccc3cnc(Nc4ccc(N5CCN(C)CC5)cn4)nc23)c1.C=CC(=O)Nc1cccc(-c2cccc3cnc(Nc4ccc(N5CCN(C)CC5)nc4)nc23)c1F.C=CC(=O)Nc1cncc(-c2cccc3cnc(Nc4ccc(N5CCN(C)CC5)cc4)nc23)n1. The van der Waals surface area contributed by atoms with Crippen LogP contribution in [0.5, 0.6) is 0 Å². The largest absolute Gasteiger partial charge is 0.369 e. The van der Waals surface area contributed by atoms with Crippen molar-refractivity contribution in [1.29, 1.82) is 0 Å². The summed E-state index contributed by atoms with van der Waals surface area (Å²) in [5, 5.41) is 20.2. The number of nitrogens with zero attached hydrogens (tertiary/aromatic N) is 16. The molecule has 6 N–H and O–H groups in total. The van der Waals surface area contributed by atoms with Crippen molar-refractivity contribution in [3.8, 4) is 33.5 Å². The number of amides is 3. The first-order valence-corrected chi connectivity index (χ1v) is 34.6. The van der Waals surface area contributed by atoms with Crippen molar-refractivity contribution in [1.82, 2.24) is 64.5 Å².